The Hall–Kier alpha value is -1.52. The van der Waals surface area contributed by atoms with Gasteiger partial charge in [-0.05, 0) is 12.1 Å². The largest absolute Gasteiger partial charge is 0.484 e. The van der Waals surface area contributed by atoms with Gasteiger partial charge in [0.05, 0.1) is 10.0 Å². The van der Waals surface area contributed by atoms with Crippen molar-refractivity contribution in [3.05, 3.63) is 58.1 Å². The van der Waals surface area contributed by atoms with Crippen LogP contribution in [0.3, 0.4) is 0 Å². The molecule has 0 aliphatic heterocycles. The monoisotopic (exact) mass is 317 g/mol. The highest BCUT2D eigenvalue weighted by atomic mass is 35.5. The van der Waals surface area contributed by atoms with E-state index in [2.05, 4.69) is 0 Å². The normalized spacial score (nSPS) is 11.4. The molecule has 2 nitrogen and oxygen atoms in total. The van der Waals surface area contributed by atoms with E-state index in [1.54, 1.807) is 6.07 Å². The number of anilines is 1. The Morgan fingerprint density at radius 1 is 1.05 bits per heavy atom. The number of halogens is 4. The first-order chi connectivity index (χ1) is 9.40. The lowest BCUT2D eigenvalue weighted by atomic mass is 10.1. The Balaban J connectivity index is 2.17. The highest BCUT2D eigenvalue weighted by Crippen LogP contribution is 2.37. The molecule has 106 valence electrons. The summed E-state index contributed by atoms with van der Waals surface area (Å²) in [6, 6.07) is 10.2. The van der Waals surface area contributed by atoms with Gasteiger partial charge in [0.2, 0.25) is 0 Å². The van der Waals surface area contributed by atoms with Gasteiger partial charge in [-0.1, -0.05) is 53.5 Å². The molecule has 0 aromatic heterocycles. The number of benzene rings is 2. The summed E-state index contributed by atoms with van der Waals surface area (Å²) >= 11 is 11.8. The minimum atomic E-state index is -3.14. The molecule has 0 amide bonds. The number of hydrogen-bond acceptors (Lipinski definition) is 2. The third-order valence-electron chi connectivity index (χ3n) is 2.61. The minimum absolute atomic E-state index is 0.00172. The molecule has 2 aromatic carbocycles. The molecule has 0 radical (unpaired) electrons. The van der Waals surface area contributed by atoms with Gasteiger partial charge in [-0.3, -0.25) is 0 Å². The Kier molecular flexibility index (Phi) is 4.35. The summed E-state index contributed by atoms with van der Waals surface area (Å²) in [5, 5.41) is 0.192. The predicted molar refractivity (Wildman–Crippen MR) is 76.7 cm³/mol. The van der Waals surface area contributed by atoms with Gasteiger partial charge in [-0.2, -0.15) is 8.78 Å². The first kappa shape index (κ1) is 14.9. The second kappa shape index (κ2) is 5.85. The third-order valence-corrected chi connectivity index (χ3v) is 3.18. The molecule has 2 aromatic rings. The molecule has 0 bridgehead atoms. The standard InChI is InChI=1S/C14H11Cl2F2NO/c15-11-6-10(19)7-12(16)13(11)20-8-14(17,18)9-4-2-1-3-5-9/h1-7H,8,19H2. The first-order valence-corrected chi connectivity index (χ1v) is 6.46. The summed E-state index contributed by atoms with van der Waals surface area (Å²) in [4.78, 5) is 0. The maximum Gasteiger partial charge on any atom is 0.306 e. The molecular weight excluding hydrogens is 307 g/mol. The van der Waals surface area contributed by atoms with Crippen molar-refractivity contribution >= 4 is 28.9 Å². The zero-order valence-corrected chi connectivity index (χ0v) is 11.8. The quantitative estimate of drug-likeness (QED) is 0.826. The fraction of sp³-hybridized carbons (Fsp3) is 0.143. The molecule has 0 saturated heterocycles. The Morgan fingerprint density at radius 3 is 2.15 bits per heavy atom. The van der Waals surface area contributed by atoms with Gasteiger partial charge in [0.1, 0.15) is 0 Å². The van der Waals surface area contributed by atoms with Crippen LogP contribution in [0.5, 0.6) is 5.75 Å². The summed E-state index contributed by atoms with van der Waals surface area (Å²) in [6.45, 7) is -0.861. The van der Waals surface area contributed by atoms with Crippen molar-refractivity contribution < 1.29 is 13.5 Å². The van der Waals surface area contributed by atoms with Crippen molar-refractivity contribution in [1.29, 1.82) is 0 Å². The molecular formula is C14H11Cl2F2NO. The average molecular weight is 318 g/mol. The molecule has 0 aliphatic rings. The lowest BCUT2D eigenvalue weighted by molar-refractivity contribution is -0.0466. The molecule has 0 fully saturated rings. The number of nitrogen functional groups attached to an aromatic ring is 1. The molecule has 0 spiro atoms. The van der Waals surface area contributed by atoms with Gasteiger partial charge >= 0.3 is 5.92 Å². The SMILES string of the molecule is Nc1cc(Cl)c(OCC(F)(F)c2ccccc2)c(Cl)c1. The highest BCUT2D eigenvalue weighted by Gasteiger charge is 2.33. The molecule has 0 saturated carbocycles. The minimum Gasteiger partial charge on any atom is -0.484 e. The molecule has 0 unspecified atom stereocenters. The highest BCUT2D eigenvalue weighted by molar-refractivity contribution is 6.37. The second-order valence-corrected chi connectivity index (χ2v) is 4.99. The van der Waals surface area contributed by atoms with Gasteiger partial charge in [0.25, 0.3) is 0 Å². The van der Waals surface area contributed by atoms with E-state index >= 15 is 0 Å². The molecule has 6 heteroatoms. The number of nitrogens with two attached hydrogens (primary N) is 1. The summed E-state index contributed by atoms with van der Waals surface area (Å²) < 4.78 is 33.0. The lowest BCUT2D eigenvalue weighted by Gasteiger charge is -2.18. The summed E-state index contributed by atoms with van der Waals surface area (Å²) in [5.74, 6) is -3.15. The predicted octanol–water partition coefficient (Wildman–Crippen LogP) is 4.75. The van der Waals surface area contributed by atoms with Crippen molar-refractivity contribution in [1.82, 2.24) is 0 Å². The van der Waals surface area contributed by atoms with Gasteiger partial charge < -0.3 is 10.5 Å². The van der Waals surface area contributed by atoms with Crippen LogP contribution in [0.15, 0.2) is 42.5 Å². The van der Waals surface area contributed by atoms with E-state index < -0.39 is 12.5 Å². The van der Waals surface area contributed by atoms with Gasteiger partial charge in [0, 0.05) is 11.3 Å². The van der Waals surface area contributed by atoms with Crippen LogP contribution in [0.25, 0.3) is 0 Å². The molecule has 2 N–H and O–H groups in total. The average Bonchev–Trinajstić information content (AvgIpc) is 2.38. The number of hydrogen-bond donors (Lipinski definition) is 1. The van der Waals surface area contributed by atoms with Crippen LogP contribution in [0.1, 0.15) is 5.56 Å². The van der Waals surface area contributed by atoms with Gasteiger partial charge in [0.15, 0.2) is 12.4 Å². The molecule has 20 heavy (non-hydrogen) atoms. The number of alkyl halides is 2. The topological polar surface area (TPSA) is 35.2 Å². The lowest BCUT2D eigenvalue weighted by Crippen LogP contribution is -2.23. The van der Waals surface area contributed by atoms with E-state index in [0.717, 1.165) is 0 Å². The summed E-state index contributed by atoms with van der Waals surface area (Å²) in [5.41, 5.74) is 5.73. The van der Waals surface area contributed by atoms with Crippen LogP contribution < -0.4 is 10.5 Å². The van der Waals surface area contributed by atoms with E-state index in [4.69, 9.17) is 33.7 Å². The molecule has 0 heterocycles. The fourth-order valence-electron chi connectivity index (χ4n) is 1.65. The smallest absolute Gasteiger partial charge is 0.306 e. The zero-order valence-electron chi connectivity index (χ0n) is 10.2. The van der Waals surface area contributed by atoms with Gasteiger partial charge in [-0.15, -0.1) is 0 Å². The first-order valence-electron chi connectivity index (χ1n) is 5.71. The van der Waals surface area contributed by atoms with Crippen molar-refractivity contribution in [2.24, 2.45) is 0 Å². The van der Waals surface area contributed by atoms with Crippen molar-refractivity contribution in [3.8, 4) is 5.75 Å². The Morgan fingerprint density at radius 2 is 1.60 bits per heavy atom. The van der Waals surface area contributed by atoms with E-state index in [1.165, 1.54) is 36.4 Å². The van der Waals surface area contributed by atoms with Crippen LogP contribution in [-0.2, 0) is 5.92 Å². The van der Waals surface area contributed by atoms with E-state index in [9.17, 15) is 8.78 Å². The number of rotatable bonds is 4. The molecule has 2 rings (SSSR count). The van der Waals surface area contributed by atoms with E-state index in [0.29, 0.717) is 5.69 Å². The second-order valence-electron chi connectivity index (χ2n) is 4.17. The maximum absolute atomic E-state index is 13.9. The van der Waals surface area contributed by atoms with E-state index in [1.807, 2.05) is 0 Å². The molecule has 0 atom stereocenters. The Labute approximate surface area is 125 Å². The Bertz CT molecular complexity index is 582. The van der Waals surface area contributed by atoms with Crippen LogP contribution in [0.4, 0.5) is 14.5 Å². The van der Waals surface area contributed by atoms with E-state index in [-0.39, 0.29) is 21.4 Å². The number of ether oxygens (including phenoxy) is 1. The summed E-state index contributed by atoms with van der Waals surface area (Å²) in [7, 11) is 0. The fourth-order valence-corrected chi connectivity index (χ4v) is 2.26. The van der Waals surface area contributed by atoms with Crippen LogP contribution >= 0.6 is 23.2 Å². The third kappa shape index (κ3) is 3.32. The van der Waals surface area contributed by atoms with Crippen LogP contribution in [0.2, 0.25) is 10.0 Å². The maximum atomic E-state index is 13.9. The van der Waals surface area contributed by atoms with Crippen molar-refractivity contribution in [2.75, 3.05) is 12.3 Å². The van der Waals surface area contributed by atoms with Crippen molar-refractivity contribution in [2.45, 2.75) is 5.92 Å². The van der Waals surface area contributed by atoms with Crippen LogP contribution in [0, 0.1) is 0 Å². The van der Waals surface area contributed by atoms with Crippen molar-refractivity contribution in [3.63, 3.8) is 0 Å². The van der Waals surface area contributed by atoms with Gasteiger partial charge in [-0.25, -0.2) is 0 Å². The summed E-state index contributed by atoms with van der Waals surface area (Å²) in [6.07, 6.45) is 0. The van der Waals surface area contributed by atoms with Crippen LogP contribution in [-0.4, -0.2) is 6.61 Å². The molecule has 0 aliphatic carbocycles. The zero-order chi connectivity index (χ0) is 14.8.